The second-order valence-corrected chi connectivity index (χ2v) is 6.89. The van der Waals surface area contributed by atoms with Crippen LogP contribution < -0.4 is 16.0 Å². The molecule has 1 aromatic carbocycles. The lowest BCUT2D eigenvalue weighted by Gasteiger charge is -2.25. The summed E-state index contributed by atoms with van der Waals surface area (Å²) >= 11 is 0. The van der Waals surface area contributed by atoms with Gasteiger partial charge in [-0.25, -0.2) is 4.79 Å². The molecule has 0 aliphatic heterocycles. The Labute approximate surface area is 179 Å². The maximum absolute atomic E-state index is 11.7. The number of rotatable bonds is 8. The van der Waals surface area contributed by atoms with E-state index in [9.17, 15) is 4.79 Å². The number of nitrogens with one attached hydrogen (secondary N) is 3. The lowest BCUT2D eigenvalue weighted by atomic mass is 9.94. The van der Waals surface area contributed by atoms with E-state index in [2.05, 4.69) is 59.1 Å². The van der Waals surface area contributed by atoms with Crippen LogP contribution >= 0.6 is 24.0 Å². The Kier molecular flexibility index (Phi) is 10.5. The Morgan fingerprint density at radius 2 is 1.89 bits per heavy atom. The molecule has 152 valence electrons. The average Bonchev–Trinajstić information content (AvgIpc) is 3.49. The quantitative estimate of drug-likeness (QED) is 0.298. The lowest BCUT2D eigenvalue weighted by Crippen LogP contribution is -2.50. The maximum Gasteiger partial charge on any atom is 0.407 e. The molecule has 0 spiro atoms. The van der Waals surface area contributed by atoms with Gasteiger partial charge in [0.15, 0.2) is 5.96 Å². The van der Waals surface area contributed by atoms with Crippen molar-refractivity contribution in [2.75, 3.05) is 20.2 Å². The first-order valence-electron chi connectivity index (χ1n) is 9.50. The Morgan fingerprint density at radius 3 is 2.44 bits per heavy atom. The van der Waals surface area contributed by atoms with Crippen LogP contribution in [0.25, 0.3) is 0 Å². The predicted octanol–water partition coefficient (Wildman–Crippen LogP) is 3.49. The molecule has 0 radical (unpaired) electrons. The van der Waals surface area contributed by atoms with Crippen molar-refractivity contribution in [1.82, 2.24) is 16.0 Å². The topological polar surface area (TPSA) is 74.8 Å². The number of halogens is 1. The van der Waals surface area contributed by atoms with Crippen molar-refractivity contribution in [1.29, 1.82) is 0 Å². The summed E-state index contributed by atoms with van der Waals surface area (Å²) in [6.45, 7) is 7.19. The summed E-state index contributed by atoms with van der Waals surface area (Å²) in [6, 6.07) is 10.7. The molecule has 3 N–H and O–H groups in total. The standard InChI is InChI=1S/C20H32N4O2.HI/c1-5-26-20(25)24-18(17-11-12-17)13-22-19(21-4)23-15(3)14(2)16-9-7-6-8-10-16;/h6-10,14-15,17-18H,5,11-13H2,1-4H3,(H,24,25)(H2,21,22,23);1H. The highest BCUT2D eigenvalue weighted by Crippen LogP contribution is 2.32. The molecule has 0 heterocycles. The fraction of sp³-hybridized carbons (Fsp3) is 0.600. The molecule has 1 fully saturated rings. The molecule has 0 saturated heterocycles. The van der Waals surface area contributed by atoms with Crippen LogP contribution in [0, 0.1) is 5.92 Å². The molecule has 6 nitrogen and oxygen atoms in total. The van der Waals surface area contributed by atoms with Gasteiger partial charge in [-0.3, -0.25) is 4.99 Å². The number of carbonyl (C=O) groups is 1. The molecule has 7 heteroatoms. The summed E-state index contributed by atoms with van der Waals surface area (Å²) in [7, 11) is 1.76. The van der Waals surface area contributed by atoms with E-state index in [-0.39, 0.29) is 42.2 Å². The Balaban J connectivity index is 0.00000364. The maximum atomic E-state index is 11.7. The second-order valence-electron chi connectivity index (χ2n) is 6.89. The van der Waals surface area contributed by atoms with Gasteiger partial charge in [-0.1, -0.05) is 37.3 Å². The van der Waals surface area contributed by atoms with Crippen LogP contribution in [0.1, 0.15) is 45.1 Å². The molecule has 3 atom stereocenters. The number of aliphatic imine (C=N–C) groups is 1. The normalized spacial score (nSPS) is 17.1. The van der Waals surface area contributed by atoms with Crippen LogP contribution in [0.5, 0.6) is 0 Å². The average molecular weight is 488 g/mol. The van der Waals surface area contributed by atoms with E-state index in [4.69, 9.17) is 4.74 Å². The minimum absolute atomic E-state index is 0. The van der Waals surface area contributed by atoms with Gasteiger partial charge < -0.3 is 20.7 Å². The summed E-state index contributed by atoms with van der Waals surface area (Å²) < 4.78 is 5.00. The third-order valence-corrected chi connectivity index (χ3v) is 4.92. The van der Waals surface area contributed by atoms with Crippen molar-refractivity contribution < 1.29 is 9.53 Å². The fourth-order valence-electron chi connectivity index (χ4n) is 2.95. The first-order chi connectivity index (χ1) is 12.5. The lowest BCUT2D eigenvalue weighted by molar-refractivity contribution is 0.146. The van der Waals surface area contributed by atoms with Gasteiger partial charge >= 0.3 is 6.09 Å². The SMILES string of the molecule is CCOC(=O)NC(CNC(=NC)NC(C)C(C)c1ccccc1)C1CC1.I. The molecule has 1 amide bonds. The van der Waals surface area contributed by atoms with E-state index in [0.717, 1.165) is 18.8 Å². The zero-order valence-electron chi connectivity index (χ0n) is 16.7. The third-order valence-electron chi connectivity index (χ3n) is 4.92. The summed E-state index contributed by atoms with van der Waals surface area (Å²) in [4.78, 5) is 16.0. The molecular weight excluding hydrogens is 455 g/mol. The van der Waals surface area contributed by atoms with E-state index in [1.54, 1.807) is 7.05 Å². The van der Waals surface area contributed by atoms with Gasteiger partial charge in [0.2, 0.25) is 0 Å². The largest absolute Gasteiger partial charge is 0.450 e. The minimum Gasteiger partial charge on any atom is -0.450 e. The van der Waals surface area contributed by atoms with Crippen LogP contribution in [0.2, 0.25) is 0 Å². The smallest absolute Gasteiger partial charge is 0.407 e. The summed E-state index contributed by atoms with van der Waals surface area (Å²) in [5.74, 6) is 1.62. The molecule has 1 aliphatic rings. The highest BCUT2D eigenvalue weighted by molar-refractivity contribution is 14.0. The van der Waals surface area contributed by atoms with Crippen LogP contribution in [0.3, 0.4) is 0 Å². The molecule has 1 saturated carbocycles. The first kappa shape index (κ1) is 23.5. The van der Waals surface area contributed by atoms with Gasteiger partial charge in [0.1, 0.15) is 0 Å². The van der Waals surface area contributed by atoms with Gasteiger partial charge in [-0.05, 0) is 38.2 Å². The van der Waals surface area contributed by atoms with Crippen LogP contribution in [-0.4, -0.2) is 44.3 Å². The van der Waals surface area contributed by atoms with Crippen molar-refractivity contribution in [3.8, 4) is 0 Å². The molecule has 0 bridgehead atoms. The van der Waals surface area contributed by atoms with E-state index >= 15 is 0 Å². The number of ether oxygens (including phenoxy) is 1. The Morgan fingerprint density at radius 1 is 1.22 bits per heavy atom. The first-order valence-corrected chi connectivity index (χ1v) is 9.50. The van der Waals surface area contributed by atoms with Crippen molar-refractivity contribution >= 4 is 36.0 Å². The molecule has 1 aromatic rings. The molecule has 2 rings (SSSR count). The van der Waals surface area contributed by atoms with E-state index in [0.29, 0.717) is 25.0 Å². The number of alkyl carbamates (subject to hydrolysis) is 1. The summed E-state index contributed by atoms with van der Waals surface area (Å²) in [5, 5.41) is 9.75. The number of guanidine groups is 1. The molecule has 3 unspecified atom stereocenters. The van der Waals surface area contributed by atoms with Crippen molar-refractivity contribution in [3.63, 3.8) is 0 Å². The molecule has 27 heavy (non-hydrogen) atoms. The highest BCUT2D eigenvalue weighted by Gasteiger charge is 2.32. The number of carbonyl (C=O) groups excluding carboxylic acids is 1. The number of nitrogens with zero attached hydrogens (tertiary/aromatic N) is 1. The number of hydrogen-bond acceptors (Lipinski definition) is 3. The second kappa shape index (κ2) is 12.0. The van der Waals surface area contributed by atoms with Crippen molar-refractivity contribution in [2.45, 2.75) is 51.6 Å². The number of hydrogen-bond donors (Lipinski definition) is 3. The zero-order chi connectivity index (χ0) is 18.9. The van der Waals surface area contributed by atoms with Crippen LogP contribution in [-0.2, 0) is 4.74 Å². The minimum atomic E-state index is -0.347. The van der Waals surface area contributed by atoms with E-state index < -0.39 is 0 Å². The number of benzene rings is 1. The predicted molar refractivity (Wildman–Crippen MR) is 121 cm³/mol. The van der Waals surface area contributed by atoms with Gasteiger partial charge in [-0.15, -0.1) is 24.0 Å². The van der Waals surface area contributed by atoms with Crippen molar-refractivity contribution in [2.24, 2.45) is 10.9 Å². The van der Waals surface area contributed by atoms with Gasteiger partial charge in [-0.2, -0.15) is 0 Å². The van der Waals surface area contributed by atoms with E-state index in [1.807, 2.05) is 13.0 Å². The van der Waals surface area contributed by atoms with E-state index in [1.165, 1.54) is 5.56 Å². The summed E-state index contributed by atoms with van der Waals surface area (Å²) in [5.41, 5.74) is 1.29. The van der Waals surface area contributed by atoms with Crippen LogP contribution in [0.15, 0.2) is 35.3 Å². The fourth-order valence-corrected chi connectivity index (χ4v) is 2.95. The van der Waals surface area contributed by atoms with Crippen LogP contribution in [0.4, 0.5) is 4.79 Å². The molecule has 1 aliphatic carbocycles. The summed E-state index contributed by atoms with van der Waals surface area (Å²) in [6.07, 6.45) is 1.94. The zero-order valence-corrected chi connectivity index (χ0v) is 19.0. The Bertz CT molecular complexity index is 593. The molecule has 0 aromatic heterocycles. The van der Waals surface area contributed by atoms with Gasteiger partial charge in [0, 0.05) is 25.6 Å². The monoisotopic (exact) mass is 488 g/mol. The molecular formula is C20H33IN4O2. The van der Waals surface area contributed by atoms with Gasteiger partial charge in [0.05, 0.1) is 12.6 Å². The highest BCUT2D eigenvalue weighted by atomic mass is 127. The van der Waals surface area contributed by atoms with Crippen molar-refractivity contribution in [3.05, 3.63) is 35.9 Å². The third kappa shape index (κ3) is 7.94. The number of amides is 1. The van der Waals surface area contributed by atoms with Gasteiger partial charge in [0.25, 0.3) is 0 Å². The Hall–Kier alpha value is -1.51.